The van der Waals surface area contributed by atoms with E-state index in [1.165, 1.54) is 5.56 Å². The second-order valence-electron chi connectivity index (χ2n) is 10.5. The van der Waals surface area contributed by atoms with Gasteiger partial charge in [0.1, 0.15) is 28.8 Å². The zero-order valence-electron chi connectivity index (χ0n) is 24.2. The highest BCUT2D eigenvalue weighted by Gasteiger charge is 2.23. The fourth-order valence-electron chi connectivity index (χ4n) is 4.41. The maximum Gasteiger partial charge on any atom is 0.230 e. The van der Waals surface area contributed by atoms with E-state index in [2.05, 4.69) is 37.6 Å². The zero-order chi connectivity index (χ0) is 29.4. The van der Waals surface area contributed by atoms with Crippen LogP contribution in [-0.2, 0) is 6.54 Å². The van der Waals surface area contributed by atoms with Crippen LogP contribution in [-0.4, -0.2) is 73.7 Å². The smallest absolute Gasteiger partial charge is 0.230 e. The SMILES string of the molecule is COc1ccc(CNC2CCCN(c3cnc(C(N)=NCN)c(Nc4ccc(OC(C)[N+](C)(C)[O-])cc4)n3)C2)cc1. The van der Waals surface area contributed by atoms with Crippen molar-refractivity contribution in [2.75, 3.05) is 51.2 Å². The summed E-state index contributed by atoms with van der Waals surface area (Å²) in [5.74, 6) is 2.87. The lowest BCUT2D eigenvalue weighted by molar-refractivity contribution is -0.884. The Balaban J connectivity index is 1.48. The van der Waals surface area contributed by atoms with Gasteiger partial charge in [0, 0.05) is 38.3 Å². The second-order valence-corrected chi connectivity index (χ2v) is 10.5. The van der Waals surface area contributed by atoms with E-state index >= 15 is 0 Å². The third kappa shape index (κ3) is 8.27. The van der Waals surface area contributed by atoms with Gasteiger partial charge in [-0.3, -0.25) is 4.99 Å². The van der Waals surface area contributed by atoms with Gasteiger partial charge in [-0.25, -0.2) is 9.97 Å². The van der Waals surface area contributed by atoms with E-state index < -0.39 is 10.9 Å². The van der Waals surface area contributed by atoms with Crippen LogP contribution in [0.2, 0.25) is 0 Å². The Kier molecular flexibility index (Phi) is 9.95. The van der Waals surface area contributed by atoms with Gasteiger partial charge in [0.05, 0.1) is 34.1 Å². The third-order valence-electron chi connectivity index (χ3n) is 7.06. The third-order valence-corrected chi connectivity index (χ3v) is 7.06. The summed E-state index contributed by atoms with van der Waals surface area (Å²) in [4.78, 5) is 15.9. The van der Waals surface area contributed by atoms with Crippen LogP contribution < -0.4 is 36.5 Å². The van der Waals surface area contributed by atoms with Crippen molar-refractivity contribution in [2.24, 2.45) is 16.5 Å². The van der Waals surface area contributed by atoms with E-state index in [1.54, 1.807) is 46.5 Å². The molecule has 1 fully saturated rings. The van der Waals surface area contributed by atoms with Gasteiger partial charge in [0.25, 0.3) is 0 Å². The summed E-state index contributed by atoms with van der Waals surface area (Å²) in [6.07, 6.45) is 3.29. The summed E-state index contributed by atoms with van der Waals surface area (Å²) in [6.45, 7) is 4.23. The number of nitrogens with zero attached hydrogens (tertiary/aromatic N) is 5. The molecule has 12 nitrogen and oxygen atoms in total. The Morgan fingerprint density at radius 3 is 2.54 bits per heavy atom. The molecule has 2 aromatic carbocycles. The minimum absolute atomic E-state index is 0.0428. The Bertz CT molecular complexity index is 1290. The highest BCUT2D eigenvalue weighted by Crippen LogP contribution is 2.26. The van der Waals surface area contributed by atoms with Crippen LogP contribution in [0.25, 0.3) is 0 Å². The molecule has 41 heavy (non-hydrogen) atoms. The van der Waals surface area contributed by atoms with Gasteiger partial charge in [-0.05, 0) is 54.8 Å². The topological polar surface area (TPSA) is 159 Å². The van der Waals surface area contributed by atoms with Crippen molar-refractivity contribution in [2.45, 2.75) is 38.6 Å². The van der Waals surface area contributed by atoms with Gasteiger partial charge < -0.3 is 46.3 Å². The lowest BCUT2D eigenvalue weighted by Gasteiger charge is -2.39. The van der Waals surface area contributed by atoms with E-state index in [-0.39, 0.29) is 12.5 Å². The number of nitrogens with one attached hydrogen (secondary N) is 2. The van der Waals surface area contributed by atoms with Crippen molar-refractivity contribution in [1.82, 2.24) is 15.3 Å². The Labute approximate surface area is 241 Å². The molecule has 1 aliphatic rings. The normalized spacial score (nSPS) is 16.8. The van der Waals surface area contributed by atoms with E-state index in [4.69, 9.17) is 25.9 Å². The molecule has 0 amide bonds. The van der Waals surface area contributed by atoms with Gasteiger partial charge in [-0.2, -0.15) is 0 Å². The first-order valence-electron chi connectivity index (χ1n) is 13.7. The highest BCUT2D eigenvalue weighted by molar-refractivity contribution is 6.00. The number of aliphatic imine (C=N–C) groups is 1. The maximum absolute atomic E-state index is 12.1. The summed E-state index contributed by atoms with van der Waals surface area (Å²) in [6, 6.07) is 15.7. The number of benzene rings is 2. The first-order valence-corrected chi connectivity index (χ1v) is 13.7. The standard InChI is InChI=1S/C29H41N9O3/c1-20(38(2,3)39)41-25-13-9-22(10-14-25)35-29-27(28(31)34-19-30)33-17-26(36-29)37-15-5-6-23(18-37)32-16-21-7-11-24(40-4)12-8-21/h7-14,17,20,23,32H,5-6,15-16,18-19,30H2,1-4H3,(H2,31,34)(H,35,36). The van der Waals surface area contributed by atoms with Gasteiger partial charge in [0.2, 0.25) is 6.23 Å². The molecule has 2 heterocycles. The maximum atomic E-state index is 12.1. The number of rotatable bonds is 12. The van der Waals surface area contributed by atoms with Crippen molar-refractivity contribution >= 4 is 23.2 Å². The van der Waals surface area contributed by atoms with Crippen molar-refractivity contribution in [3.05, 3.63) is 71.2 Å². The highest BCUT2D eigenvalue weighted by atomic mass is 16.6. The molecule has 0 saturated carbocycles. The molecule has 0 spiro atoms. The van der Waals surface area contributed by atoms with Crippen molar-refractivity contribution in [1.29, 1.82) is 0 Å². The largest absolute Gasteiger partial charge is 0.630 e. The van der Waals surface area contributed by atoms with Crippen LogP contribution in [0.5, 0.6) is 11.5 Å². The van der Waals surface area contributed by atoms with Crippen LogP contribution in [0.1, 0.15) is 31.0 Å². The predicted molar refractivity (Wildman–Crippen MR) is 162 cm³/mol. The number of methoxy groups -OCH3 is 1. The zero-order valence-corrected chi connectivity index (χ0v) is 24.2. The van der Waals surface area contributed by atoms with Crippen molar-refractivity contribution in [3.63, 3.8) is 0 Å². The second kappa shape index (κ2) is 13.6. The summed E-state index contributed by atoms with van der Waals surface area (Å²) in [5.41, 5.74) is 14.2. The van der Waals surface area contributed by atoms with Crippen LogP contribution in [0.4, 0.5) is 17.3 Å². The van der Waals surface area contributed by atoms with Crippen LogP contribution in [0.15, 0.2) is 59.7 Å². The Hall–Kier alpha value is -3.97. The average molecular weight is 564 g/mol. The quantitative estimate of drug-likeness (QED) is 0.0848. The molecule has 1 aliphatic heterocycles. The number of anilines is 3. The molecule has 0 aliphatic carbocycles. The first kappa shape index (κ1) is 30.0. The number of quaternary nitrogens is 1. The minimum atomic E-state index is -0.556. The number of hydroxylamine groups is 3. The van der Waals surface area contributed by atoms with E-state index in [1.807, 2.05) is 24.3 Å². The molecule has 220 valence electrons. The molecule has 3 aromatic rings. The molecule has 2 atom stereocenters. The van der Waals surface area contributed by atoms with E-state index in [0.29, 0.717) is 23.3 Å². The fourth-order valence-corrected chi connectivity index (χ4v) is 4.41. The molecule has 1 saturated heterocycles. The monoisotopic (exact) mass is 563 g/mol. The molecule has 0 bridgehead atoms. The molecule has 1 aromatic heterocycles. The number of amidine groups is 1. The molecule has 4 rings (SSSR count). The summed E-state index contributed by atoms with van der Waals surface area (Å²) < 4.78 is 10.5. The predicted octanol–water partition coefficient (Wildman–Crippen LogP) is 2.91. The van der Waals surface area contributed by atoms with E-state index in [0.717, 1.165) is 49.7 Å². The number of nitrogens with two attached hydrogens (primary N) is 2. The van der Waals surface area contributed by atoms with Crippen LogP contribution in [0.3, 0.4) is 0 Å². The van der Waals surface area contributed by atoms with Crippen LogP contribution >= 0.6 is 0 Å². The summed E-state index contributed by atoms with van der Waals surface area (Å²) in [7, 11) is 4.76. The number of ether oxygens (including phenoxy) is 2. The number of piperidine rings is 1. The fraction of sp³-hybridized carbons (Fsp3) is 0.414. The van der Waals surface area contributed by atoms with Gasteiger partial charge in [-0.1, -0.05) is 12.1 Å². The summed E-state index contributed by atoms with van der Waals surface area (Å²) in [5, 5.41) is 19.1. The number of hydrogen-bond acceptors (Lipinski definition) is 10. The lowest BCUT2D eigenvalue weighted by atomic mass is 10.1. The summed E-state index contributed by atoms with van der Waals surface area (Å²) >= 11 is 0. The van der Waals surface area contributed by atoms with E-state index in [9.17, 15) is 5.21 Å². The van der Waals surface area contributed by atoms with Gasteiger partial charge >= 0.3 is 0 Å². The molecular weight excluding hydrogens is 522 g/mol. The van der Waals surface area contributed by atoms with Crippen molar-refractivity contribution in [3.8, 4) is 11.5 Å². The molecule has 0 radical (unpaired) electrons. The lowest BCUT2D eigenvalue weighted by Crippen LogP contribution is -2.46. The van der Waals surface area contributed by atoms with Crippen molar-refractivity contribution < 1.29 is 14.1 Å². The molecule has 6 N–H and O–H groups in total. The molecule has 2 unspecified atom stereocenters. The van der Waals surface area contributed by atoms with Gasteiger partial charge in [0.15, 0.2) is 5.82 Å². The van der Waals surface area contributed by atoms with Gasteiger partial charge in [-0.15, -0.1) is 0 Å². The Morgan fingerprint density at radius 1 is 1.17 bits per heavy atom. The number of hydrogen-bond donors (Lipinski definition) is 4. The number of aromatic nitrogens is 2. The average Bonchev–Trinajstić information content (AvgIpc) is 2.97. The molecule has 12 heteroatoms. The Morgan fingerprint density at radius 2 is 1.88 bits per heavy atom. The van der Waals surface area contributed by atoms with Crippen LogP contribution in [0, 0.1) is 5.21 Å². The molecular formula is C29H41N9O3. The minimum Gasteiger partial charge on any atom is -0.630 e. The first-order chi connectivity index (χ1) is 19.7.